The maximum absolute atomic E-state index is 12.6. The number of nitrogens with zero attached hydrogens (tertiary/aromatic N) is 2. The number of nitro groups is 1. The standard InChI is InChI=1S/C22H28N4O3/c1-26(2,16-17-9-4-3-5-10-17)21-14-7-6-13-20(21)24-22(27)23-18-11-8-12-19(15-18)25(28)29/h3-5,8-12,15,20-21H,6-7,13-14,16H2,1-2H3,(H-,23,24,27)/p+1/t20-,21-/m0/s1. The first kappa shape index (κ1) is 20.8. The third-order valence-electron chi connectivity index (χ3n) is 5.69. The summed E-state index contributed by atoms with van der Waals surface area (Å²) in [6.07, 6.45) is 4.24. The fourth-order valence-corrected chi connectivity index (χ4v) is 4.32. The lowest BCUT2D eigenvalue weighted by atomic mass is 9.87. The molecule has 0 saturated heterocycles. The van der Waals surface area contributed by atoms with Crippen molar-refractivity contribution in [2.75, 3.05) is 19.4 Å². The number of urea groups is 1. The van der Waals surface area contributed by atoms with Gasteiger partial charge in [-0.1, -0.05) is 42.8 Å². The Morgan fingerprint density at radius 3 is 2.55 bits per heavy atom. The first-order valence-electron chi connectivity index (χ1n) is 10.0. The molecule has 1 saturated carbocycles. The van der Waals surface area contributed by atoms with Crippen molar-refractivity contribution in [2.24, 2.45) is 0 Å². The monoisotopic (exact) mass is 397 g/mol. The van der Waals surface area contributed by atoms with E-state index in [4.69, 9.17) is 0 Å². The average molecular weight is 397 g/mol. The Kier molecular flexibility index (Phi) is 6.49. The summed E-state index contributed by atoms with van der Waals surface area (Å²) >= 11 is 0. The number of rotatable bonds is 6. The highest BCUT2D eigenvalue weighted by atomic mass is 16.6. The van der Waals surface area contributed by atoms with Gasteiger partial charge in [-0.25, -0.2) is 4.79 Å². The third kappa shape index (κ3) is 5.54. The number of anilines is 1. The molecule has 0 aromatic heterocycles. The van der Waals surface area contributed by atoms with Crippen LogP contribution in [-0.2, 0) is 6.54 Å². The second-order valence-corrected chi connectivity index (χ2v) is 8.29. The van der Waals surface area contributed by atoms with E-state index in [2.05, 4.69) is 49.0 Å². The zero-order valence-corrected chi connectivity index (χ0v) is 17.0. The van der Waals surface area contributed by atoms with Crippen molar-refractivity contribution in [3.8, 4) is 0 Å². The van der Waals surface area contributed by atoms with E-state index in [1.54, 1.807) is 12.1 Å². The van der Waals surface area contributed by atoms with Gasteiger partial charge in [0.15, 0.2) is 0 Å². The molecule has 7 heteroatoms. The highest BCUT2D eigenvalue weighted by molar-refractivity contribution is 5.89. The molecular weight excluding hydrogens is 368 g/mol. The number of carbonyl (C=O) groups is 1. The normalized spacial score (nSPS) is 19.4. The van der Waals surface area contributed by atoms with Crippen molar-refractivity contribution >= 4 is 17.4 Å². The first-order valence-corrected chi connectivity index (χ1v) is 10.0. The minimum atomic E-state index is -0.468. The number of carbonyl (C=O) groups excluding carboxylic acids is 1. The predicted octanol–water partition coefficient (Wildman–Crippen LogP) is 4.30. The summed E-state index contributed by atoms with van der Waals surface area (Å²) in [7, 11) is 4.44. The second kappa shape index (κ2) is 9.05. The van der Waals surface area contributed by atoms with Gasteiger partial charge in [0, 0.05) is 29.8 Å². The molecule has 2 aromatic carbocycles. The van der Waals surface area contributed by atoms with Crippen molar-refractivity contribution in [3.63, 3.8) is 0 Å². The van der Waals surface area contributed by atoms with E-state index in [9.17, 15) is 14.9 Å². The molecule has 1 fully saturated rings. The summed E-state index contributed by atoms with van der Waals surface area (Å²) < 4.78 is 0.797. The van der Waals surface area contributed by atoms with Gasteiger partial charge < -0.3 is 15.1 Å². The Hall–Kier alpha value is -2.93. The van der Waals surface area contributed by atoms with Gasteiger partial charge in [0.05, 0.1) is 25.1 Å². The molecule has 7 nitrogen and oxygen atoms in total. The Balaban J connectivity index is 1.67. The molecule has 2 amide bonds. The number of hydrogen-bond acceptors (Lipinski definition) is 3. The number of nitro benzene ring substituents is 1. The van der Waals surface area contributed by atoms with Gasteiger partial charge in [-0.3, -0.25) is 10.1 Å². The molecular formula is C22H29N4O3+. The predicted molar refractivity (Wildman–Crippen MR) is 114 cm³/mol. The smallest absolute Gasteiger partial charge is 0.319 e. The quantitative estimate of drug-likeness (QED) is 0.433. The summed E-state index contributed by atoms with van der Waals surface area (Å²) in [6.45, 7) is 0.899. The lowest BCUT2D eigenvalue weighted by Crippen LogP contribution is -2.60. The van der Waals surface area contributed by atoms with Gasteiger partial charge in [-0.05, 0) is 18.9 Å². The molecule has 0 bridgehead atoms. The van der Waals surface area contributed by atoms with Crippen LogP contribution in [0.4, 0.5) is 16.2 Å². The maximum Gasteiger partial charge on any atom is 0.319 e. The molecule has 1 aliphatic carbocycles. The fourth-order valence-electron chi connectivity index (χ4n) is 4.32. The van der Waals surface area contributed by atoms with Crippen molar-refractivity contribution < 1.29 is 14.2 Å². The largest absolute Gasteiger partial charge is 0.329 e. The van der Waals surface area contributed by atoms with Crippen LogP contribution in [0.1, 0.15) is 31.2 Å². The molecule has 0 radical (unpaired) electrons. The van der Waals surface area contributed by atoms with Crippen LogP contribution in [0.25, 0.3) is 0 Å². The minimum absolute atomic E-state index is 0.0426. The van der Waals surface area contributed by atoms with Crippen LogP contribution in [0.3, 0.4) is 0 Å². The highest BCUT2D eigenvalue weighted by Gasteiger charge is 2.38. The molecule has 154 valence electrons. The number of hydrogen-bond donors (Lipinski definition) is 2. The Labute approximate surface area is 171 Å². The minimum Gasteiger partial charge on any atom is -0.329 e. The van der Waals surface area contributed by atoms with Gasteiger partial charge in [-0.2, -0.15) is 0 Å². The van der Waals surface area contributed by atoms with Crippen molar-refractivity contribution in [1.82, 2.24) is 5.32 Å². The Morgan fingerprint density at radius 1 is 1.10 bits per heavy atom. The van der Waals surface area contributed by atoms with Crippen LogP contribution in [0.15, 0.2) is 54.6 Å². The zero-order valence-electron chi connectivity index (χ0n) is 17.0. The molecule has 0 aliphatic heterocycles. The molecule has 2 aromatic rings. The van der Waals surface area contributed by atoms with Crippen LogP contribution in [-0.4, -0.2) is 41.6 Å². The number of nitrogens with one attached hydrogen (secondary N) is 2. The number of amides is 2. The summed E-state index contributed by atoms with van der Waals surface area (Å²) in [5, 5.41) is 16.8. The summed E-state index contributed by atoms with van der Waals surface area (Å²) in [5.41, 5.74) is 1.66. The molecule has 0 spiro atoms. The molecule has 2 atom stereocenters. The molecule has 0 heterocycles. The SMILES string of the molecule is C[N+](C)(Cc1ccccc1)[C@H]1CCCC[C@@H]1NC(=O)Nc1cccc([N+](=O)[O-])c1. The van der Waals surface area contributed by atoms with E-state index < -0.39 is 4.92 Å². The van der Waals surface area contributed by atoms with Crippen LogP contribution >= 0.6 is 0 Å². The molecule has 1 aliphatic rings. The summed E-state index contributed by atoms with van der Waals surface area (Å²) in [6, 6.07) is 16.4. The van der Waals surface area contributed by atoms with Crippen molar-refractivity contribution in [2.45, 2.75) is 44.3 Å². The van der Waals surface area contributed by atoms with E-state index >= 15 is 0 Å². The number of quaternary nitrogens is 1. The average Bonchev–Trinajstić information content (AvgIpc) is 2.69. The first-order chi connectivity index (χ1) is 13.8. The van der Waals surface area contributed by atoms with E-state index in [1.807, 2.05) is 6.07 Å². The van der Waals surface area contributed by atoms with Crippen LogP contribution in [0.2, 0.25) is 0 Å². The second-order valence-electron chi connectivity index (χ2n) is 8.29. The van der Waals surface area contributed by atoms with Gasteiger partial charge >= 0.3 is 6.03 Å². The topological polar surface area (TPSA) is 84.3 Å². The molecule has 3 rings (SSSR count). The lowest BCUT2D eigenvalue weighted by Gasteiger charge is -2.44. The fraction of sp³-hybridized carbons (Fsp3) is 0.409. The molecule has 0 unspecified atom stereocenters. The van der Waals surface area contributed by atoms with Gasteiger partial charge in [-0.15, -0.1) is 0 Å². The van der Waals surface area contributed by atoms with E-state index in [0.29, 0.717) is 11.7 Å². The van der Waals surface area contributed by atoms with Crippen molar-refractivity contribution in [1.29, 1.82) is 0 Å². The maximum atomic E-state index is 12.6. The van der Waals surface area contributed by atoms with Crippen molar-refractivity contribution in [3.05, 3.63) is 70.3 Å². The molecule has 2 N–H and O–H groups in total. The Morgan fingerprint density at radius 2 is 1.83 bits per heavy atom. The van der Waals surface area contributed by atoms with Crippen LogP contribution in [0.5, 0.6) is 0 Å². The zero-order chi connectivity index (χ0) is 20.9. The van der Waals surface area contributed by atoms with Gasteiger partial charge in [0.25, 0.3) is 5.69 Å². The Bertz CT molecular complexity index is 854. The van der Waals surface area contributed by atoms with E-state index in [-0.39, 0.29) is 17.8 Å². The van der Waals surface area contributed by atoms with Gasteiger partial charge in [0.2, 0.25) is 0 Å². The number of likely N-dealkylation sites (N-methyl/N-ethyl adjacent to an activating group) is 1. The van der Waals surface area contributed by atoms with E-state index in [0.717, 1.165) is 36.7 Å². The van der Waals surface area contributed by atoms with Crippen LogP contribution < -0.4 is 10.6 Å². The van der Waals surface area contributed by atoms with Gasteiger partial charge in [0.1, 0.15) is 12.6 Å². The summed E-state index contributed by atoms with van der Waals surface area (Å²) in [5.74, 6) is 0. The highest BCUT2D eigenvalue weighted by Crippen LogP contribution is 2.28. The number of non-ortho nitro benzene ring substituents is 1. The van der Waals surface area contributed by atoms with E-state index in [1.165, 1.54) is 17.7 Å². The number of benzene rings is 2. The van der Waals surface area contributed by atoms with Crippen LogP contribution in [0, 0.1) is 10.1 Å². The summed E-state index contributed by atoms with van der Waals surface area (Å²) in [4.78, 5) is 23.1. The molecule has 29 heavy (non-hydrogen) atoms. The third-order valence-corrected chi connectivity index (χ3v) is 5.69. The lowest BCUT2D eigenvalue weighted by molar-refractivity contribution is -0.930.